The number of halogens is 2. The molecule has 2 aromatic heterocycles. The fraction of sp³-hybridized carbons (Fsp3) is 0.148. The van der Waals surface area contributed by atoms with Crippen molar-refractivity contribution in [2.45, 2.75) is 19.9 Å². The van der Waals surface area contributed by atoms with E-state index >= 15 is 0 Å². The number of fused-ring (bicyclic) bond motifs is 1. The predicted octanol–water partition coefficient (Wildman–Crippen LogP) is 5.47. The first-order chi connectivity index (χ1) is 17.4. The van der Waals surface area contributed by atoms with Gasteiger partial charge in [-0.3, -0.25) is 9.36 Å². The van der Waals surface area contributed by atoms with E-state index in [9.17, 15) is 9.59 Å². The smallest absolute Gasteiger partial charge is 0.338 e. The molecule has 1 unspecified atom stereocenters. The highest BCUT2D eigenvalue weighted by molar-refractivity contribution is 9.10. The predicted molar refractivity (Wildman–Crippen MR) is 144 cm³/mol. The number of esters is 1. The van der Waals surface area contributed by atoms with Crippen molar-refractivity contribution < 1.29 is 13.9 Å². The maximum Gasteiger partial charge on any atom is 0.338 e. The summed E-state index contributed by atoms with van der Waals surface area (Å²) in [6.07, 6.45) is 1.70. The highest BCUT2D eigenvalue weighted by Gasteiger charge is 2.33. The molecule has 2 aromatic carbocycles. The van der Waals surface area contributed by atoms with Crippen molar-refractivity contribution in [3.05, 3.63) is 112 Å². The van der Waals surface area contributed by atoms with Gasteiger partial charge in [0.2, 0.25) is 0 Å². The van der Waals surface area contributed by atoms with E-state index in [2.05, 4.69) is 20.9 Å². The molecule has 0 spiro atoms. The molecule has 0 aliphatic carbocycles. The normalized spacial score (nSPS) is 15.6. The van der Waals surface area contributed by atoms with Crippen LogP contribution < -0.4 is 14.9 Å². The second-order valence-electron chi connectivity index (χ2n) is 8.06. The van der Waals surface area contributed by atoms with E-state index in [0.717, 1.165) is 15.6 Å². The minimum absolute atomic E-state index is 0.215. The summed E-state index contributed by atoms with van der Waals surface area (Å²) in [6, 6.07) is 17.9. The molecule has 4 aromatic rings. The minimum Gasteiger partial charge on any atom is -0.463 e. The van der Waals surface area contributed by atoms with Gasteiger partial charge in [-0.1, -0.05) is 63.1 Å². The van der Waals surface area contributed by atoms with Crippen LogP contribution in [0, 0.1) is 0 Å². The molecule has 36 heavy (non-hydrogen) atoms. The average molecular weight is 584 g/mol. The number of carbonyl (C=O) groups is 1. The zero-order valence-electron chi connectivity index (χ0n) is 19.3. The molecule has 9 heteroatoms. The fourth-order valence-corrected chi connectivity index (χ4v) is 5.50. The Balaban J connectivity index is 1.63. The SMILES string of the molecule is CCOC(=O)C1=C(C)N=c2s/c(=C\c3ccc(-c4ccc(Br)cc4)o3)c(=O)n2C1c1ccc(Cl)cc1. The number of hydrogen-bond acceptors (Lipinski definition) is 6. The first-order valence-electron chi connectivity index (χ1n) is 11.2. The number of thiazole rings is 1. The monoisotopic (exact) mass is 582 g/mol. The third-order valence-electron chi connectivity index (χ3n) is 5.73. The molecule has 0 bridgehead atoms. The van der Waals surface area contributed by atoms with Gasteiger partial charge in [-0.15, -0.1) is 0 Å². The first kappa shape index (κ1) is 24.5. The summed E-state index contributed by atoms with van der Waals surface area (Å²) in [7, 11) is 0. The highest BCUT2D eigenvalue weighted by Crippen LogP contribution is 2.31. The zero-order chi connectivity index (χ0) is 25.4. The summed E-state index contributed by atoms with van der Waals surface area (Å²) < 4.78 is 14.3. The lowest BCUT2D eigenvalue weighted by Crippen LogP contribution is -2.39. The van der Waals surface area contributed by atoms with Crippen LogP contribution in [0.4, 0.5) is 0 Å². The molecule has 5 rings (SSSR count). The number of nitrogens with zero attached hydrogens (tertiary/aromatic N) is 2. The van der Waals surface area contributed by atoms with E-state index in [1.807, 2.05) is 36.4 Å². The van der Waals surface area contributed by atoms with Crippen LogP contribution in [0.5, 0.6) is 0 Å². The van der Waals surface area contributed by atoms with Gasteiger partial charge in [-0.05, 0) is 55.8 Å². The number of hydrogen-bond donors (Lipinski definition) is 0. The standard InChI is InChI=1S/C27H20BrClN2O4S/c1-3-34-26(33)23-15(2)30-27-31(24(23)17-6-10-19(29)11-7-17)25(32)22(36-27)14-20-12-13-21(35-20)16-4-8-18(28)9-5-16/h4-14,24H,3H2,1-2H3/b22-14-. The summed E-state index contributed by atoms with van der Waals surface area (Å²) in [4.78, 5) is 31.7. The number of rotatable bonds is 5. The van der Waals surface area contributed by atoms with Crippen molar-refractivity contribution in [3.8, 4) is 11.3 Å². The number of furan rings is 1. The van der Waals surface area contributed by atoms with Crippen molar-refractivity contribution in [1.29, 1.82) is 0 Å². The maximum absolute atomic E-state index is 13.7. The molecule has 0 saturated carbocycles. The summed E-state index contributed by atoms with van der Waals surface area (Å²) in [5.41, 5.74) is 2.23. The van der Waals surface area contributed by atoms with Crippen molar-refractivity contribution >= 4 is 50.9 Å². The molecule has 1 aliphatic rings. The Morgan fingerprint density at radius 3 is 2.58 bits per heavy atom. The van der Waals surface area contributed by atoms with Crippen LogP contribution in [-0.2, 0) is 9.53 Å². The van der Waals surface area contributed by atoms with Gasteiger partial charge in [0.25, 0.3) is 5.56 Å². The summed E-state index contributed by atoms with van der Waals surface area (Å²) >= 11 is 10.8. The number of allylic oxidation sites excluding steroid dienone is 1. The van der Waals surface area contributed by atoms with Crippen molar-refractivity contribution in [3.63, 3.8) is 0 Å². The van der Waals surface area contributed by atoms with Gasteiger partial charge >= 0.3 is 5.97 Å². The first-order valence-corrected chi connectivity index (χ1v) is 13.2. The Labute approximate surface area is 224 Å². The Bertz CT molecular complexity index is 1660. The van der Waals surface area contributed by atoms with E-state index in [0.29, 0.717) is 37.1 Å². The molecule has 1 atom stereocenters. The third-order valence-corrected chi connectivity index (χ3v) is 7.50. The van der Waals surface area contributed by atoms with Crippen LogP contribution >= 0.6 is 38.9 Å². The number of aromatic nitrogens is 1. The number of carbonyl (C=O) groups excluding carboxylic acids is 1. The van der Waals surface area contributed by atoms with Crippen LogP contribution in [-0.4, -0.2) is 17.1 Å². The quantitative estimate of drug-likeness (QED) is 0.292. The van der Waals surface area contributed by atoms with E-state index < -0.39 is 12.0 Å². The van der Waals surface area contributed by atoms with Crippen LogP contribution in [0.15, 0.2) is 90.6 Å². The molecule has 3 heterocycles. The summed E-state index contributed by atoms with van der Waals surface area (Å²) in [5.74, 6) is 0.738. The van der Waals surface area contributed by atoms with Crippen molar-refractivity contribution in [2.24, 2.45) is 4.99 Å². The van der Waals surface area contributed by atoms with Crippen molar-refractivity contribution in [2.75, 3.05) is 6.61 Å². The average Bonchev–Trinajstić information content (AvgIpc) is 3.44. The molecule has 182 valence electrons. The second-order valence-corrected chi connectivity index (χ2v) is 10.4. The Hall–Kier alpha value is -3.20. The van der Waals surface area contributed by atoms with Crippen molar-refractivity contribution in [1.82, 2.24) is 4.57 Å². The molecule has 0 N–H and O–H groups in total. The van der Waals surface area contributed by atoms with Crippen LogP contribution in [0.3, 0.4) is 0 Å². The second kappa shape index (κ2) is 10.0. The lowest BCUT2D eigenvalue weighted by atomic mass is 9.96. The van der Waals surface area contributed by atoms with E-state index in [4.69, 9.17) is 20.8 Å². The fourth-order valence-electron chi connectivity index (χ4n) is 4.08. The highest BCUT2D eigenvalue weighted by atomic mass is 79.9. The molecule has 1 aliphatic heterocycles. The van der Waals surface area contributed by atoms with E-state index in [-0.39, 0.29) is 12.2 Å². The Morgan fingerprint density at radius 2 is 1.89 bits per heavy atom. The van der Waals surface area contributed by atoms with Crippen LogP contribution in [0.2, 0.25) is 5.02 Å². The summed E-state index contributed by atoms with van der Waals surface area (Å²) in [5, 5.41) is 0.559. The number of ether oxygens (including phenoxy) is 1. The molecule has 6 nitrogen and oxygen atoms in total. The van der Waals surface area contributed by atoms with Gasteiger partial charge in [0.1, 0.15) is 11.5 Å². The summed E-state index contributed by atoms with van der Waals surface area (Å²) in [6.45, 7) is 3.71. The van der Waals surface area contributed by atoms with Gasteiger partial charge in [-0.2, -0.15) is 0 Å². The van der Waals surface area contributed by atoms with Gasteiger partial charge < -0.3 is 9.15 Å². The topological polar surface area (TPSA) is 73.8 Å². The maximum atomic E-state index is 13.7. The minimum atomic E-state index is -0.686. The lowest BCUT2D eigenvalue weighted by Gasteiger charge is -2.24. The van der Waals surface area contributed by atoms with E-state index in [1.165, 1.54) is 15.9 Å². The number of benzene rings is 2. The molecule has 0 amide bonds. The molecular weight excluding hydrogens is 564 g/mol. The van der Waals surface area contributed by atoms with Gasteiger partial charge in [0.15, 0.2) is 4.80 Å². The van der Waals surface area contributed by atoms with Crippen LogP contribution in [0.25, 0.3) is 17.4 Å². The molecule has 0 radical (unpaired) electrons. The Kier molecular flexibility index (Phi) is 6.83. The molecule has 0 fully saturated rings. The van der Waals surface area contributed by atoms with Gasteiger partial charge in [0.05, 0.1) is 28.5 Å². The van der Waals surface area contributed by atoms with E-state index in [1.54, 1.807) is 44.2 Å². The van der Waals surface area contributed by atoms with Crippen LogP contribution in [0.1, 0.15) is 31.2 Å². The lowest BCUT2D eigenvalue weighted by molar-refractivity contribution is -0.139. The van der Waals surface area contributed by atoms with Gasteiger partial charge in [-0.25, -0.2) is 9.79 Å². The third kappa shape index (κ3) is 4.64. The largest absolute Gasteiger partial charge is 0.463 e. The molecule has 0 saturated heterocycles. The zero-order valence-corrected chi connectivity index (χ0v) is 22.5. The molecular formula is C27H20BrClN2O4S. The Morgan fingerprint density at radius 1 is 1.17 bits per heavy atom. The van der Waals surface area contributed by atoms with Gasteiger partial charge in [0, 0.05) is 21.1 Å².